The molecule has 2 N–H and O–H groups in total. The predicted molar refractivity (Wildman–Crippen MR) is 239 cm³/mol. The summed E-state index contributed by atoms with van der Waals surface area (Å²) < 4.78 is 6.48. The van der Waals surface area contributed by atoms with Gasteiger partial charge in [-0.15, -0.1) is 6.58 Å². The van der Waals surface area contributed by atoms with Gasteiger partial charge in [0.25, 0.3) is 0 Å². The molecule has 5 aromatic rings. The van der Waals surface area contributed by atoms with Gasteiger partial charge >= 0.3 is 0 Å². The second kappa shape index (κ2) is 17.8. The Bertz CT molecular complexity index is 2520. The molecular weight excluding hydrogens is 681 g/mol. The molecule has 1 aromatic heterocycles. The minimum absolute atomic E-state index is 0.1000. The lowest BCUT2D eigenvalue weighted by molar-refractivity contribution is 0.615. The van der Waals surface area contributed by atoms with E-state index >= 15 is 0 Å². The summed E-state index contributed by atoms with van der Waals surface area (Å²) >= 11 is 0. The van der Waals surface area contributed by atoms with Gasteiger partial charge in [0.05, 0.1) is 0 Å². The minimum Gasteiger partial charge on any atom is -0.440 e. The van der Waals surface area contributed by atoms with Crippen LogP contribution in [0.15, 0.2) is 223 Å². The predicted octanol–water partition coefficient (Wildman–Crippen LogP) is 12.0. The van der Waals surface area contributed by atoms with Crippen molar-refractivity contribution in [1.82, 2.24) is 0 Å². The first kappa shape index (κ1) is 37.9. The number of benzene rings is 4. The van der Waals surface area contributed by atoms with Gasteiger partial charge in [-0.05, 0) is 88.4 Å². The highest BCUT2D eigenvalue weighted by molar-refractivity contribution is 5.85. The van der Waals surface area contributed by atoms with Crippen LogP contribution < -0.4 is 21.1 Å². The fourth-order valence-electron chi connectivity index (χ4n) is 7.84. The van der Waals surface area contributed by atoms with Gasteiger partial charge in [-0.25, -0.2) is 0 Å². The Morgan fingerprint density at radius 2 is 1.57 bits per heavy atom. The number of fused-ring (bicyclic) bond motifs is 3. The van der Waals surface area contributed by atoms with Gasteiger partial charge < -0.3 is 10.2 Å². The topological polar surface area (TPSA) is 42.4 Å². The first-order valence-electron chi connectivity index (χ1n) is 19.5. The van der Waals surface area contributed by atoms with E-state index in [1.807, 2.05) is 62.4 Å². The first-order chi connectivity index (χ1) is 27.5. The van der Waals surface area contributed by atoms with E-state index < -0.39 is 0 Å². The van der Waals surface area contributed by atoms with Crippen molar-refractivity contribution in [1.29, 1.82) is 0 Å². The van der Waals surface area contributed by atoms with Crippen LogP contribution in [0.1, 0.15) is 43.9 Å². The Morgan fingerprint density at radius 3 is 2.32 bits per heavy atom. The van der Waals surface area contributed by atoms with Gasteiger partial charge in [-0.1, -0.05) is 164 Å². The van der Waals surface area contributed by atoms with Crippen LogP contribution >= 0.6 is 0 Å². The van der Waals surface area contributed by atoms with Gasteiger partial charge in [-0.2, -0.15) is 0 Å². The number of para-hydroxylation sites is 1. The zero-order chi connectivity index (χ0) is 38.9. The maximum atomic E-state index is 6.64. The largest absolute Gasteiger partial charge is 0.440 e. The molecule has 0 amide bonds. The van der Waals surface area contributed by atoms with Gasteiger partial charge in [0, 0.05) is 47.1 Å². The minimum atomic E-state index is -0.222. The normalized spacial score (nSPS) is 17.6. The number of hydrogen-bond donors (Lipinski definition) is 1. The summed E-state index contributed by atoms with van der Waals surface area (Å²) in [5, 5.41) is 3.49. The van der Waals surface area contributed by atoms with E-state index in [0.717, 1.165) is 45.8 Å². The molecule has 3 atom stereocenters. The third-order valence-electron chi connectivity index (χ3n) is 10.5. The molecule has 0 saturated carbocycles. The molecule has 2 aliphatic carbocycles. The van der Waals surface area contributed by atoms with Crippen LogP contribution in [0.25, 0.3) is 22.1 Å². The molecule has 3 nitrogen and oxygen atoms in total. The van der Waals surface area contributed by atoms with Crippen molar-refractivity contribution in [2.45, 2.75) is 32.7 Å². The average Bonchev–Trinajstić information content (AvgIpc) is 3.67. The zero-order valence-corrected chi connectivity index (χ0v) is 32.4. The standard InChI is InChI=1S/C53H50N2O/c1-5-8-10-12-20-39-29-34-47-48(36-39)53(46-26-17-16-25-45(46)52(47)38(4)28-35-49(54)40-21-13-11-14-22-40)41-30-32-44(33-31-41)55(43(19-7-3)24-9-6-2)51-37-42-23-15-18-27-50(42)56-51/h5-18,21-37,47-49H,3-4,19-20,54H2,1-2H3/b8-5-,9-6-,12-10-,35-28-,43-24+/t47-,48?,49?/m1/s1. The van der Waals surface area contributed by atoms with Gasteiger partial charge in [0.1, 0.15) is 5.58 Å². The van der Waals surface area contributed by atoms with Crippen LogP contribution in [0.3, 0.4) is 0 Å². The summed E-state index contributed by atoms with van der Waals surface area (Å²) in [5.41, 5.74) is 16.6. The lowest BCUT2D eigenvalue weighted by atomic mass is 9.69. The molecule has 3 heteroatoms. The SMILES string of the molecule is C=CC/C(=C\C=C/C)N(c1ccc(C2=c3ccccc3=C(C(=C)/C=C\C(N)c3ccccc3)[C@@H]3C=CC(C/C=C\C=C/C)=CC23)cc1)c1cc2ccccc2o1. The molecule has 0 radical (unpaired) electrons. The summed E-state index contributed by atoms with van der Waals surface area (Å²) in [6.45, 7) is 12.8. The summed E-state index contributed by atoms with van der Waals surface area (Å²) in [7, 11) is 0. The van der Waals surface area contributed by atoms with Crippen molar-refractivity contribution in [2.24, 2.45) is 17.6 Å². The van der Waals surface area contributed by atoms with Crippen molar-refractivity contribution < 1.29 is 4.42 Å². The Kier molecular flexibility index (Phi) is 12.0. The second-order valence-electron chi connectivity index (χ2n) is 14.2. The molecule has 4 aromatic carbocycles. The molecule has 0 fully saturated rings. The molecule has 2 aliphatic rings. The van der Waals surface area contributed by atoms with E-state index in [-0.39, 0.29) is 17.9 Å². The fraction of sp³-hybridized carbons (Fsp3) is 0.132. The highest BCUT2D eigenvalue weighted by atomic mass is 16.4. The van der Waals surface area contributed by atoms with Crippen molar-refractivity contribution in [2.75, 3.05) is 4.90 Å². The average molecular weight is 731 g/mol. The Hall–Kier alpha value is -6.42. The van der Waals surface area contributed by atoms with Crippen LogP contribution in [0.5, 0.6) is 0 Å². The molecule has 0 aliphatic heterocycles. The van der Waals surface area contributed by atoms with Crippen LogP contribution in [-0.2, 0) is 0 Å². The lowest BCUT2D eigenvalue weighted by Gasteiger charge is -2.35. The van der Waals surface area contributed by atoms with E-state index in [0.29, 0.717) is 6.42 Å². The first-order valence-corrected chi connectivity index (χ1v) is 19.5. The number of allylic oxidation sites excluding steroid dienone is 14. The van der Waals surface area contributed by atoms with E-state index in [9.17, 15) is 0 Å². The fourth-order valence-corrected chi connectivity index (χ4v) is 7.84. The van der Waals surface area contributed by atoms with Gasteiger partial charge in [-0.3, -0.25) is 4.90 Å². The number of anilines is 2. The zero-order valence-electron chi connectivity index (χ0n) is 32.4. The highest BCUT2D eigenvalue weighted by Gasteiger charge is 2.33. The highest BCUT2D eigenvalue weighted by Crippen LogP contribution is 2.43. The van der Waals surface area contributed by atoms with E-state index in [1.54, 1.807) is 0 Å². The molecule has 0 bridgehead atoms. The molecule has 0 saturated heterocycles. The molecule has 1 heterocycles. The maximum absolute atomic E-state index is 6.64. The van der Waals surface area contributed by atoms with Gasteiger partial charge in [0.2, 0.25) is 5.88 Å². The monoisotopic (exact) mass is 730 g/mol. The third-order valence-corrected chi connectivity index (χ3v) is 10.5. The van der Waals surface area contributed by atoms with E-state index in [2.05, 4.69) is 158 Å². The van der Waals surface area contributed by atoms with E-state index in [4.69, 9.17) is 10.2 Å². The number of furan rings is 1. The quantitative estimate of drug-likeness (QED) is 0.0914. The van der Waals surface area contributed by atoms with Crippen LogP contribution in [0.4, 0.5) is 11.6 Å². The number of nitrogens with zero attached hydrogens (tertiary/aromatic N) is 1. The smallest absolute Gasteiger partial charge is 0.205 e. The molecular formula is C53H50N2O. The molecule has 278 valence electrons. The number of hydrogen-bond acceptors (Lipinski definition) is 3. The number of rotatable bonds is 14. The Balaban J connectivity index is 1.36. The Morgan fingerprint density at radius 1 is 0.839 bits per heavy atom. The van der Waals surface area contributed by atoms with Crippen molar-refractivity contribution in [3.8, 4) is 0 Å². The third kappa shape index (κ3) is 8.15. The summed E-state index contributed by atoms with van der Waals surface area (Å²) in [6.07, 6.45) is 29.5. The van der Waals surface area contributed by atoms with Gasteiger partial charge in [0.15, 0.2) is 0 Å². The second-order valence-corrected chi connectivity index (χ2v) is 14.2. The Labute approximate surface area is 331 Å². The summed E-state index contributed by atoms with van der Waals surface area (Å²) in [6, 6.07) is 38.0. The van der Waals surface area contributed by atoms with Crippen LogP contribution in [0.2, 0.25) is 0 Å². The van der Waals surface area contributed by atoms with Crippen molar-refractivity contribution >= 4 is 33.7 Å². The lowest BCUT2D eigenvalue weighted by Crippen LogP contribution is -2.40. The maximum Gasteiger partial charge on any atom is 0.205 e. The van der Waals surface area contributed by atoms with Crippen molar-refractivity contribution in [3.63, 3.8) is 0 Å². The summed E-state index contributed by atoms with van der Waals surface area (Å²) in [4.78, 5) is 2.20. The van der Waals surface area contributed by atoms with E-state index in [1.165, 1.54) is 32.7 Å². The number of nitrogens with two attached hydrogens (primary N) is 1. The van der Waals surface area contributed by atoms with Crippen LogP contribution in [-0.4, -0.2) is 0 Å². The molecule has 7 rings (SSSR count). The molecule has 0 spiro atoms. The summed E-state index contributed by atoms with van der Waals surface area (Å²) in [5.74, 6) is 0.968. The van der Waals surface area contributed by atoms with Crippen LogP contribution in [0, 0.1) is 11.8 Å². The van der Waals surface area contributed by atoms with Crippen molar-refractivity contribution in [3.05, 3.63) is 240 Å². The molecule has 56 heavy (non-hydrogen) atoms. The molecule has 2 unspecified atom stereocenters.